The van der Waals surface area contributed by atoms with Crippen molar-refractivity contribution >= 4 is 50.9 Å². The molecule has 0 fully saturated rings. The molecule has 0 bridgehead atoms. The van der Waals surface area contributed by atoms with Crippen LogP contribution in [0.5, 0.6) is 0 Å². The molecule has 0 aliphatic carbocycles. The summed E-state index contributed by atoms with van der Waals surface area (Å²) in [4.78, 5) is 13.4. The molecular weight excluding hydrogens is 412 g/mol. The molecule has 0 aliphatic heterocycles. The van der Waals surface area contributed by atoms with Crippen molar-refractivity contribution in [3.63, 3.8) is 0 Å². The Hall–Kier alpha value is -2.69. The van der Waals surface area contributed by atoms with Gasteiger partial charge in [-0.15, -0.1) is 21.5 Å². The number of nitrogens with one attached hydrogen (secondary N) is 2. The molecule has 0 spiro atoms. The number of aromatic nitrogens is 4. The number of hydrogen-bond acceptors (Lipinski definition) is 7. The fraction of sp³-hybridized carbons (Fsp3) is 0.167. The first kappa shape index (κ1) is 18.7. The first-order valence-electron chi connectivity index (χ1n) is 8.57. The van der Waals surface area contributed by atoms with Crippen LogP contribution in [0.15, 0.2) is 41.8 Å². The third-order valence-electron chi connectivity index (χ3n) is 4.00. The van der Waals surface area contributed by atoms with Gasteiger partial charge in [0.2, 0.25) is 4.96 Å². The second kappa shape index (κ2) is 8.13. The Bertz CT molecular complexity index is 1110. The van der Waals surface area contributed by atoms with Crippen LogP contribution in [0.25, 0.3) is 15.5 Å². The summed E-state index contributed by atoms with van der Waals surface area (Å²) in [6.07, 6.45) is 0.790. The van der Waals surface area contributed by atoms with Crippen LogP contribution in [0.4, 0.5) is 0 Å². The third kappa shape index (κ3) is 3.93. The van der Waals surface area contributed by atoms with Crippen molar-refractivity contribution in [3.8, 4) is 10.6 Å². The fourth-order valence-corrected chi connectivity index (χ4v) is 4.21. The largest absolute Gasteiger partial charge is 0.358 e. The van der Waals surface area contributed by atoms with E-state index in [2.05, 4.69) is 25.9 Å². The summed E-state index contributed by atoms with van der Waals surface area (Å²) in [6.45, 7) is 2.56. The van der Waals surface area contributed by atoms with Gasteiger partial charge in [0, 0.05) is 18.5 Å². The number of carbonyl (C=O) groups excluding carboxylic acids is 1. The lowest BCUT2D eigenvalue weighted by atomic mass is 10.1. The van der Waals surface area contributed by atoms with Crippen LogP contribution in [-0.2, 0) is 13.0 Å². The minimum atomic E-state index is -0.197. The van der Waals surface area contributed by atoms with Crippen LogP contribution >= 0.6 is 34.9 Å². The maximum absolute atomic E-state index is 12.0. The zero-order valence-electron chi connectivity index (χ0n) is 14.9. The normalized spacial score (nSPS) is 10.9. The monoisotopic (exact) mass is 428 g/mol. The van der Waals surface area contributed by atoms with Gasteiger partial charge in [-0.3, -0.25) is 10.1 Å². The number of carbonyl (C=O) groups is 1. The molecule has 4 aromatic rings. The number of thiocarbonyl (C=S) groups is 1. The van der Waals surface area contributed by atoms with Gasteiger partial charge in [-0.25, -0.2) is 0 Å². The highest BCUT2D eigenvalue weighted by atomic mass is 32.1. The van der Waals surface area contributed by atoms with Crippen LogP contribution in [0, 0.1) is 0 Å². The molecule has 0 saturated heterocycles. The lowest BCUT2D eigenvalue weighted by Gasteiger charge is -2.09. The third-order valence-corrected chi connectivity index (χ3v) is 6.06. The lowest BCUT2D eigenvalue weighted by Crippen LogP contribution is -2.38. The Kier molecular flexibility index (Phi) is 5.42. The van der Waals surface area contributed by atoms with E-state index in [1.165, 1.54) is 22.7 Å². The molecule has 142 valence electrons. The van der Waals surface area contributed by atoms with Gasteiger partial charge in [-0.05, 0) is 29.2 Å². The van der Waals surface area contributed by atoms with E-state index in [4.69, 9.17) is 12.2 Å². The van der Waals surface area contributed by atoms with E-state index in [1.54, 1.807) is 10.6 Å². The number of aryl methyl sites for hydroxylation is 1. The summed E-state index contributed by atoms with van der Waals surface area (Å²) < 4.78 is 1.80. The van der Waals surface area contributed by atoms with Crippen LogP contribution in [0.2, 0.25) is 0 Å². The van der Waals surface area contributed by atoms with E-state index < -0.39 is 0 Å². The van der Waals surface area contributed by atoms with E-state index in [-0.39, 0.29) is 5.91 Å². The second-order valence-electron chi connectivity index (χ2n) is 5.88. The Balaban J connectivity index is 1.37. The summed E-state index contributed by atoms with van der Waals surface area (Å²) >= 11 is 8.08. The van der Waals surface area contributed by atoms with Gasteiger partial charge in [0.25, 0.3) is 5.91 Å². The van der Waals surface area contributed by atoms with E-state index in [1.807, 2.05) is 42.6 Å². The number of hydrogen-bond donors (Lipinski definition) is 2. The van der Waals surface area contributed by atoms with Crippen LogP contribution in [0.3, 0.4) is 0 Å². The number of rotatable bonds is 5. The average Bonchev–Trinajstić information content (AvgIpc) is 3.43. The Morgan fingerprint density at radius 3 is 2.75 bits per heavy atom. The number of fused-ring (bicyclic) bond motifs is 1. The lowest BCUT2D eigenvalue weighted by molar-refractivity contribution is 0.0980. The van der Waals surface area contributed by atoms with Gasteiger partial charge in [-0.1, -0.05) is 48.6 Å². The Morgan fingerprint density at radius 2 is 2.04 bits per heavy atom. The number of amides is 1. The van der Waals surface area contributed by atoms with Gasteiger partial charge in [0.1, 0.15) is 5.01 Å². The minimum absolute atomic E-state index is 0.197. The molecule has 28 heavy (non-hydrogen) atoms. The van der Waals surface area contributed by atoms with E-state index in [0.717, 1.165) is 33.3 Å². The smallest absolute Gasteiger partial charge is 0.267 e. The quantitative estimate of drug-likeness (QED) is 0.475. The first-order valence-corrected chi connectivity index (χ1v) is 10.7. The predicted octanol–water partition coefficient (Wildman–Crippen LogP) is 3.28. The summed E-state index contributed by atoms with van der Waals surface area (Å²) in [5.41, 5.74) is 2.07. The molecule has 3 aromatic heterocycles. The van der Waals surface area contributed by atoms with Crippen LogP contribution in [0.1, 0.15) is 28.0 Å². The van der Waals surface area contributed by atoms with Gasteiger partial charge < -0.3 is 5.32 Å². The highest BCUT2D eigenvalue weighted by Gasteiger charge is 2.12. The van der Waals surface area contributed by atoms with E-state index in [9.17, 15) is 4.79 Å². The molecule has 0 radical (unpaired) electrons. The van der Waals surface area contributed by atoms with Crippen molar-refractivity contribution in [3.05, 3.63) is 58.0 Å². The van der Waals surface area contributed by atoms with Crippen molar-refractivity contribution < 1.29 is 4.79 Å². The zero-order chi connectivity index (χ0) is 19.5. The van der Waals surface area contributed by atoms with Crippen molar-refractivity contribution in [2.24, 2.45) is 0 Å². The molecule has 0 atom stereocenters. The molecule has 0 saturated carbocycles. The second-order valence-corrected chi connectivity index (χ2v) is 8.19. The number of nitrogens with zero attached hydrogens (tertiary/aromatic N) is 4. The van der Waals surface area contributed by atoms with Crippen molar-refractivity contribution in [1.82, 2.24) is 30.4 Å². The maximum atomic E-state index is 12.0. The van der Waals surface area contributed by atoms with Gasteiger partial charge >= 0.3 is 0 Å². The van der Waals surface area contributed by atoms with E-state index in [0.29, 0.717) is 16.5 Å². The SMILES string of the molecule is CCc1nnc2sc(-c3ccc(CNC(=S)NC(=O)c4cccs4)cc3)nn12. The maximum Gasteiger partial charge on any atom is 0.267 e. The number of benzene rings is 1. The fourth-order valence-electron chi connectivity index (χ4n) is 2.56. The Labute approximate surface area is 174 Å². The molecule has 4 rings (SSSR count). The first-order chi connectivity index (χ1) is 13.6. The summed E-state index contributed by atoms with van der Waals surface area (Å²) in [7, 11) is 0. The zero-order valence-corrected chi connectivity index (χ0v) is 17.3. The summed E-state index contributed by atoms with van der Waals surface area (Å²) in [6, 6.07) is 11.6. The average molecular weight is 429 g/mol. The van der Waals surface area contributed by atoms with E-state index >= 15 is 0 Å². The highest BCUT2D eigenvalue weighted by molar-refractivity contribution is 7.80. The summed E-state index contributed by atoms with van der Waals surface area (Å²) in [5, 5.41) is 21.7. The molecule has 2 N–H and O–H groups in total. The van der Waals surface area contributed by atoms with Gasteiger partial charge in [-0.2, -0.15) is 9.61 Å². The predicted molar refractivity (Wildman–Crippen MR) is 115 cm³/mol. The van der Waals surface area contributed by atoms with Crippen molar-refractivity contribution in [1.29, 1.82) is 0 Å². The molecule has 10 heteroatoms. The van der Waals surface area contributed by atoms with Gasteiger partial charge in [0.15, 0.2) is 10.9 Å². The molecular formula is C18H16N6OS3. The van der Waals surface area contributed by atoms with Crippen molar-refractivity contribution in [2.75, 3.05) is 0 Å². The molecule has 0 unspecified atom stereocenters. The molecule has 7 nitrogen and oxygen atoms in total. The van der Waals surface area contributed by atoms with Crippen LogP contribution in [-0.4, -0.2) is 30.8 Å². The van der Waals surface area contributed by atoms with Crippen LogP contribution < -0.4 is 10.6 Å². The molecule has 0 aliphatic rings. The standard InChI is InChI=1S/C18H16N6OS3/c1-2-14-21-22-18-24(14)23-16(28-18)12-7-5-11(6-8-12)10-19-17(26)20-15(25)13-4-3-9-27-13/h3-9H,2,10H2,1H3,(H2,19,20,25,26). The molecule has 1 aromatic carbocycles. The summed E-state index contributed by atoms with van der Waals surface area (Å²) in [5.74, 6) is 0.661. The van der Waals surface area contributed by atoms with Gasteiger partial charge in [0.05, 0.1) is 4.88 Å². The number of thiophene rings is 1. The van der Waals surface area contributed by atoms with Crippen molar-refractivity contribution in [2.45, 2.75) is 19.9 Å². The minimum Gasteiger partial charge on any atom is -0.358 e. The Morgan fingerprint density at radius 1 is 1.21 bits per heavy atom. The highest BCUT2D eigenvalue weighted by Crippen LogP contribution is 2.25. The molecule has 1 amide bonds. The molecule has 3 heterocycles. The topological polar surface area (TPSA) is 84.2 Å².